The Morgan fingerprint density at radius 2 is 1.93 bits per heavy atom. The molecule has 1 aliphatic rings. The number of methoxy groups -OCH3 is 1. The monoisotopic (exact) mass is 421 g/mol. The summed E-state index contributed by atoms with van der Waals surface area (Å²) >= 11 is 0. The highest BCUT2D eigenvalue weighted by Gasteiger charge is 2.33. The molecule has 0 spiro atoms. The van der Waals surface area contributed by atoms with E-state index in [0.717, 1.165) is 38.2 Å². The van der Waals surface area contributed by atoms with Crippen LogP contribution in [0.2, 0.25) is 0 Å². The molecule has 0 bridgehead atoms. The summed E-state index contributed by atoms with van der Waals surface area (Å²) in [7, 11) is 1.51. The largest absolute Gasteiger partial charge is 0.481 e. The molecule has 30 heavy (non-hydrogen) atoms. The number of carbonyl (C=O) groups excluding carboxylic acids is 1. The van der Waals surface area contributed by atoms with E-state index < -0.39 is 11.7 Å². The zero-order valence-electron chi connectivity index (χ0n) is 17.1. The highest BCUT2D eigenvalue weighted by atomic mass is 19.4. The van der Waals surface area contributed by atoms with E-state index in [9.17, 15) is 18.0 Å². The lowest BCUT2D eigenvalue weighted by Gasteiger charge is -2.34. The first kappa shape index (κ1) is 22.1. The van der Waals surface area contributed by atoms with Gasteiger partial charge in [-0.15, -0.1) is 0 Å². The average molecular weight is 421 g/mol. The van der Waals surface area contributed by atoms with Gasteiger partial charge in [-0.2, -0.15) is 13.2 Å². The number of ether oxygens (including phenoxy) is 1. The molecule has 1 aliphatic carbocycles. The lowest BCUT2D eigenvalue weighted by atomic mass is 9.76. The van der Waals surface area contributed by atoms with Crippen LogP contribution in [0.15, 0.2) is 36.7 Å². The van der Waals surface area contributed by atoms with Gasteiger partial charge in [0.25, 0.3) is 5.91 Å². The van der Waals surface area contributed by atoms with Crippen molar-refractivity contribution in [3.8, 4) is 5.88 Å². The Morgan fingerprint density at radius 3 is 2.50 bits per heavy atom. The number of nitrogens with zero attached hydrogens (tertiary/aromatic N) is 2. The molecule has 0 aromatic carbocycles. The minimum atomic E-state index is -4.36. The number of amides is 1. The molecule has 1 atom stereocenters. The molecule has 0 radical (unpaired) electrons. The van der Waals surface area contributed by atoms with Crippen LogP contribution in [0.4, 0.5) is 13.2 Å². The molecule has 8 heteroatoms. The Labute approximate surface area is 174 Å². The molecule has 2 aromatic rings. The van der Waals surface area contributed by atoms with E-state index in [1.807, 2.05) is 6.92 Å². The minimum Gasteiger partial charge on any atom is -0.481 e. The number of nitrogens with one attached hydrogen (secondary N) is 1. The molecule has 162 valence electrons. The summed E-state index contributed by atoms with van der Waals surface area (Å²) in [5.41, 5.74) is 0.321. The van der Waals surface area contributed by atoms with Gasteiger partial charge < -0.3 is 10.1 Å². The Kier molecular flexibility index (Phi) is 6.95. The normalized spacial score (nSPS) is 20.4. The summed E-state index contributed by atoms with van der Waals surface area (Å²) in [6.07, 6.45) is 2.34. The minimum absolute atomic E-state index is 0.00928. The van der Waals surface area contributed by atoms with E-state index >= 15 is 0 Å². The van der Waals surface area contributed by atoms with Crippen molar-refractivity contribution in [3.63, 3.8) is 0 Å². The van der Waals surface area contributed by atoms with Crippen LogP contribution in [0.3, 0.4) is 0 Å². The summed E-state index contributed by atoms with van der Waals surface area (Å²) in [5, 5.41) is 3.09. The van der Waals surface area contributed by atoms with Gasteiger partial charge in [0.05, 0.1) is 18.2 Å². The SMILES string of the molecule is CC[C@H](NC(=O)c1ccc(OC)nc1)[C@H]1CC[C@H](c2cc(C(F)(F)F)ccn2)CC1. The quantitative estimate of drug-likeness (QED) is 0.714. The maximum Gasteiger partial charge on any atom is 0.416 e. The van der Waals surface area contributed by atoms with Crippen LogP contribution < -0.4 is 10.1 Å². The second-order valence-electron chi connectivity index (χ2n) is 7.66. The van der Waals surface area contributed by atoms with Gasteiger partial charge in [0, 0.05) is 36.1 Å². The highest BCUT2D eigenvalue weighted by molar-refractivity contribution is 5.94. The summed E-state index contributed by atoms with van der Waals surface area (Å²) < 4.78 is 43.9. The van der Waals surface area contributed by atoms with Crippen molar-refractivity contribution in [2.45, 2.75) is 57.2 Å². The van der Waals surface area contributed by atoms with Gasteiger partial charge in [0.2, 0.25) is 5.88 Å². The van der Waals surface area contributed by atoms with Crippen LogP contribution in [-0.4, -0.2) is 29.0 Å². The van der Waals surface area contributed by atoms with Crippen molar-refractivity contribution in [1.29, 1.82) is 0 Å². The zero-order valence-corrected chi connectivity index (χ0v) is 17.1. The number of hydrogen-bond donors (Lipinski definition) is 1. The van der Waals surface area contributed by atoms with Crippen molar-refractivity contribution in [1.82, 2.24) is 15.3 Å². The summed E-state index contributed by atoms with van der Waals surface area (Å²) in [5.74, 6) is 0.563. The fourth-order valence-corrected chi connectivity index (χ4v) is 4.11. The van der Waals surface area contributed by atoms with Crippen molar-refractivity contribution in [2.75, 3.05) is 7.11 Å². The lowest BCUT2D eigenvalue weighted by molar-refractivity contribution is -0.137. The van der Waals surface area contributed by atoms with Gasteiger partial charge in [-0.1, -0.05) is 6.92 Å². The topological polar surface area (TPSA) is 64.1 Å². The third-order valence-electron chi connectivity index (χ3n) is 5.83. The van der Waals surface area contributed by atoms with Crippen LogP contribution in [0, 0.1) is 5.92 Å². The van der Waals surface area contributed by atoms with E-state index in [1.54, 1.807) is 12.1 Å². The molecule has 0 unspecified atom stereocenters. The first-order valence-electron chi connectivity index (χ1n) is 10.2. The predicted octanol–water partition coefficient (Wildman–Crippen LogP) is 4.99. The van der Waals surface area contributed by atoms with E-state index in [0.29, 0.717) is 17.1 Å². The third kappa shape index (κ3) is 5.29. The molecule has 0 aliphatic heterocycles. The molecule has 2 aromatic heterocycles. The van der Waals surface area contributed by atoms with Crippen molar-refractivity contribution in [2.24, 2.45) is 5.92 Å². The number of pyridine rings is 2. The lowest BCUT2D eigenvalue weighted by Crippen LogP contribution is -2.41. The molecule has 1 N–H and O–H groups in total. The number of aromatic nitrogens is 2. The molecule has 1 saturated carbocycles. The fourth-order valence-electron chi connectivity index (χ4n) is 4.11. The summed E-state index contributed by atoms with van der Waals surface area (Å²) in [4.78, 5) is 20.8. The van der Waals surface area contributed by atoms with E-state index in [4.69, 9.17) is 4.74 Å². The maximum absolute atomic E-state index is 13.0. The average Bonchev–Trinajstić information content (AvgIpc) is 2.77. The number of halogens is 3. The van der Waals surface area contributed by atoms with Gasteiger partial charge in [0.1, 0.15) is 0 Å². The standard InChI is InChI=1S/C22H26F3N3O2/c1-3-18(28-21(29)16-8-9-20(30-2)27-13-16)14-4-6-15(7-5-14)19-12-17(10-11-26-19)22(23,24)25/h8-15,18H,3-7H2,1-2H3,(H,28,29)/t14-,15-,18-/m0/s1. The molecule has 2 heterocycles. The van der Waals surface area contributed by atoms with Crippen molar-refractivity contribution < 1.29 is 22.7 Å². The Hall–Kier alpha value is -2.64. The van der Waals surface area contributed by atoms with Crippen molar-refractivity contribution >= 4 is 5.91 Å². The van der Waals surface area contributed by atoms with E-state index in [1.165, 1.54) is 25.6 Å². The van der Waals surface area contributed by atoms with Crippen LogP contribution in [-0.2, 0) is 6.18 Å². The summed E-state index contributed by atoms with van der Waals surface area (Å²) in [6.45, 7) is 2.03. The number of rotatable bonds is 6. The van der Waals surface area contributed by atoms with Crippen LogP contribution in [0.25, 0.3) is 0 Å². The van der Waals surface area contributed by atoms with Gasteiger partial charge in [-0.3, -0.25) is 9.78 Å². The molecule has 5 nitrogen and oxygen atoms in total. The van der Waals surface area contributed by atoms with Crippen molar-refractivity contribution in [3.05, 3.63) is 53.5 Å². The van der Waals surface area contributed by atoms with Gasteiger partial charge in [0.15, 0.2) is 0 Å². The van der Waals surface area contributed by atoms with E-state index in [-0.39, 0.29) is 23.8 Å². The Balaban J connectivity index is 1.59. The molecular weight excluding hydrogens is 395 g/mol. The molecular formula is C22H26F3N3O2. The van der Waals surface area contributed by atoms with E-state index in [2.05, 4.69) is 15.3 Å². The van der Waals surface area contributed by atoms with Crippen LogP contribution in [0.1, 0.15) is 66.6 Å². The smallest absolute Gasteiger partial charge is 0.416 e. The first-order valence-corrected chi connectivity index (χ1v) is 10.2. The maximum atomic E-state index is 13.0. The second kappa shape index (κ2) is 9.45. The molecule has 3 rings (SSSR count). The highest BCUT2D eigenvalue weighted by Crippen LogP contribution is 2.38. The van der Waals surface area contributed by atoms with Gasteiger partial charge >= 0.3 is 6.18 Å². The second-order valence-corrected chi connectivity index (χ2v) is 7.66. The zero-order chi connectivity index (χ0) is 21.7. The number of carbonyl (C=O) groups is 1. The van der Waals surface area contributed by atoms with Crippen LogP contribution >= 0.6 is 0 Å². The summed E-state index contributed by atoms with van der Waals surface area (Å²) in [6, 6.07) is 5.50. The van der Waals surface area contributed by atoms with Crippen LogP contribution in [0.5, 0.6) is 5.88 Å². The Bertz CT molecular complexity index is 847. The van der Waals surface area contributed by atoms with Gasteiger partial charge in [-0.25, -0.2) is 4.98 Å². The third-order valence-corrected chi connectivity index (χ3v) is 5.83. The fraction of sp³-hybridized carbons (Fsp3) is 0.500. The first-order chi connectivity index (χ1) is 14.3. The molecule has 1 fully saturated rings. The molecule has 0 saturated heterocycles. The number of hydrogen-bond acceptors (Lipinski definition) is 4. The predicted molar refractivity (Wildman–Crippen MR) is 106 cm³/mol. The number of alkyl halides is 3. The molecule has 1 amide bonds. The van der Waals surface area contributed by atoms with Gasteiger partial charge in [-0.05, 0) is 56.2 Å². The Morgan fingerprint density at radius 1 is 1.20 bits per heavy atom.